The van der Waals surface area contributed by atoms with Gasteiger partial charge in [-0.2, -0.15) is 15.0 Å². The first-order valence-electron chi connectivity index (χ1n) is 11.6. The molecule has 1 heterocycles. The highest BCUT2D eigenvalue weighted by Crippen LogP contribution is 2.67. The maximum atomic E-state index is 13.2. The largest absolute Gasteiger partial charge is 0.393 e. The summed E-state index contributed by atoms with van der Waals surface area (Å²) < 4.78 is 0. The van der Waals surface area contributed by atoms with Gasteiger partial charge in [0.25, 0.3) is 0 Å². The Morgan fingerprint density at radius 2 is 1.83 bits per heavy atom. The molecule has 0 saturated heterocycles. The first-order valence-corrected chi connectivity index (χ1v) is 11.6. The van der Waals surface area contributed by atoms with Crippen molar-refractivity contribution in [3.05, 3.63) is 12.4 Å². The Morgan fingerprint density at radius 3 is 2.59 bits per heavy atom. The third-order valence-electron chi connectivity index (χ3n) is 9.72. The van der Waals surface area contributed by atoms with Gasteiger partial charge in [0.15, 0.2) is 5.78 Å². The van der Waals surface area contributed by atoms with E-state index < -0.39 is 0 Å². The smallest absolute Gasteiger partial charge is 0.159 e. The topological polar surface area (TPSA) is 88.2 Å². The van der Waals surface area contributed by atoms with Crippen molar-refractivity contribution >= 4 is 5.78 Å². The lowest BCUT2D eigenvalue weighted by Crippen LogP contribution is -2.59. The fourth-order valence-electron chi connectivity index (χ4n) is 8.46. The van der Waals surface area contributed by atoms with Crippen LogP contribution in [0.4, 0.5) is 0 Å². The number of carbonyl (C=O) groups is 1. The zero-order valence-electron chi connectivity index (χ0n) is 17.7. The summed E-state index contributed by atoms with van der Waals surface area (Å²) in [6, 6.07) is 0. The summed E-state index contributed by atoms with van der Waals surface area (Å²) in [6.07, 6.45) is 10.5. The first kappa shape index (κ1) is 19.7. The number of fused-ring (bicyclic) bond motifs is 5. The van der Waals surface area contributed by atoms with Crippen molar-refractivity contribution in [2.75, 3.05) is 0 Å². The van der Waals surface area contributed by atoms with E-state index in [2.05, 4.69) is 24.0 Å². The van der Waals surface area contributed by atoms with Crippen LogP contribution in [0.3, 0.4) is 0 Å². The molecule has 160 valence electrons. The Kier molecular flexibility index (Phi) is 4.67. The Bertz CT molecular complexity index is 767. The van der Waals surface area contributed by atoms with Gasteiger partial charge in [0.1, 0.15) is 6.54 Å². The van der Waals surface area contributed by atoms with Crippen molar-refractivity contribution in [3.63, 3.8) is 0 Å². The number of Topliss-reactive ketones (excluding diaryl/α,β-unsaturated/α-hetero) is 1. The molecule has 0 amide bonds. The lowest BCUT2D eigenvalue weighted by atomic mass is 9.44. The monoisotopic (exact) mass is 401 g/mol. The fraction of sp³-hybridized carbons (Fsp3) is 0.870. The van der Waals surface area contributed by atoms with E-state index in [0.717, 1.165) is 51.4 Å². The van der Waals surface area contributed by atoms with Gasteiger partial charge in [-0.15, -0.1) is 0 Å². The predicted octanol–water partition coefficient (Wildman–Crippen LogP) is 2.84. The Balaban J connectivity index is 1.40. The summed E-state index contributed by atoms with van der Waals surface area (Å²) in [5, 5.41) is 29.9. The molecule has 4 saturated carbocycles. The highest BCUT2D eigenvalue weighted by Gasteiger charge is 2.63. The van der Waals surface area contributed by atoms with Crippen molar-refractivity contribution in [3.8, 4) is 0 Å². The number of hydrogen-bond acceptors (Lipinski definition) is 5. The predicted molar refractivity (Wildman–Crippen MR) is 108 cm³/mol. The van der Waals surface area contributed by atoms with E-state index in [4.69, 9.17) is 0 Å². The van der Waals surface area contributed by atoms with Gasteiger partial charge in [-0.25, -0.2) is 0 Å². The number of nitrogens with zero attached hydrogens (tertiary/aromatic N) is 3. The van der Waals surface area contributed by atoms with Crippen molar-refractivity contribution in [1.29, 1.82) is 0 Å². The number of aromatic nitrogens is 3. The number of carbonyl (C=O) groups excluding carboxylic acids is 1. The molecule has 6 heteroatoms. The lowest BCUT2D eigenvalue weighted by molar-refractivity contribution is -0.178. The maximum absolute atomic E-state index is 13.2. The standard InChI is InChI=1S/C23H35N3O3/c1-22-8-7-15(27)11-14(22)3-4-16-17-5-6-18(20(29)13-26-24-9-10-25-26)23(17,2)12-19(28)21(16)22/h9-10,14-19,21,27-28H,3-8,11-13H2,1-2H3/t14-,15+,16-,17-,18+,19-,21+,22-,23-/m0/s1. The van der Waals surface area contributed by atoms with Crippen LogP contribution in [-0.4, -0.2) is 43.2 Å². The molecule has 5 rings (SSSR count). The van der Waals surface area contributed by atoms with Crippen molar-refractivity contribution < 1.29 is 15.0 Å². The molecule has 4 aliphatic carbocycles. The second-order valence-corrected chi connectivity index (χ2v) is 10.9. The molecule has 4 aliphatic rings. The van der Waals surface area contributed by atoms with Gasteiger partial charge in [-0.05, 0) is 85.9 Å². The van der Waals surface area contributed by atoms with Crippen LogP contribution in [0.2, 0.25) is 0 Å². The maximum Gasteiger partial charge on any atom is 0.159 e. The highest BCUT2D eigenvalue weighted by atomic mass is 16.3. The second-order valence-electron chi connectivity index (χ2n) is 10.9. The van der Waals surface area contributed by atoms with Gasteiger partial charge in [-0.3, -0.25) is 4.79 Å². The highest BCUT2D eigenvalue weighted by molar-refractivity contribution is 5.82. The van der Waals surface area contributed by atoms with Gasteiger partial charge >= 0.3 is 0 Å². The molecule has 0 spiro atoms. The van der Waals surface area contributed by atoms with Gasteiger partial charge < -0.3 is 10.2 Å². The van der Waals surface area contributed by atoms with Gasteiger partial charge in [0, 0.05) is 5.92 Å². The first-order chi connectivity index (χ1) is 13.8. The molecule has 0 radical (unpaired) electrons. The third-order valence-corrected chi connectivity index (χ3v) is 9.72. The van der Waals surface area contributed by atoms with Gasteiger partial charge in [-0.1, -0.05) is 13.8 Å². The summed E-state index contributed by atoms with van der Waals surface area (Å²) in [4.78, 5) is 14.6. The summed E-state index contributed by atoms with van der Waals surface area (Å²) >= 11 is 0. The molecule has 9 atom stereocenters. The van der Waals surface area contributed by atoms with Crippen LogP contribution in [0, 0.1) is 40.4 Å². The molecule has 2 N–H and O–H groups in total. The normalized spacial score (nSPS) is 49.2. The van der Waals surface area contributed by atoms with Crippen LogP contribution in [0.1, 0.15) is 65.2 Å². The van der Waals surface area contributed by atoms with Crippen LogP contribution in [-0.2, 0) is 11.3 Å². The molecule has 1 aromatic heterocycles. The third kappa shape index (κ3) is 2.93. The zero-order valence-corrected chi connectivity index (χ0v) is 17.7. The van der Waals surface area contributed by atoms with Gasteiger partial charge in [0.05, 0.1) is 24.6 Å². The summed E-state index contributed by atoms with van der Waals surface area (Å²) in [7, 11) is 0. The minimum Gasteiger partial charge on any atom is -0.393 e. The molecular formula is C23H35N3O3. The van der Waals surface area contributed by atoms with Gasteiger partial charge in [0.2, 0.25) is 0 Å². The number of ketones is 1. The number of aliphatic hydroxyl groups is 2. The number of hydrogen-bond donors (Lipinski definition) is 2. The quantitative estimate of drug-likeness (QED) is 0.813. The van der Waals surface area contributed by atoms with E-state index in [0.29, 0.717) is 23.7 Å². The number of aliphatic hydroxyl groups excluding tert-OH is 2. The van der Waals surface area contributed by atoms with Crippen LogP contribution >= 0.6 is 0 Å². The Hall–Kier alpha value is -1.27. The average Bonchev–Trinajstić information content (AvgIpc) is 3.28. The van der Waals surface area contributed by atoms with Crippen LogP contribution in [0.5, 0.6) is 0 Å². The van der Waals surface area contributed by atoms with Crippen LogP contribution in [0.25, 0.3) is 0 Å². The molecule has 4 fully saturated rings. The summed E-state index contributed by atoms with van der Waals surface area (Å²) in [5.74, 6) is 2.07. The average molecular weight is 402 g/mol. The molecule has 29 heavy (non-hydrogen) atoms. The molecule has 0 unspecified atom stereocenters. The van der Waals surface area contributed by atoms with E-state index in [1.807, 2.05) is 0 Å². The molecule has 1 aromatic rings. The SMILES string of the molecule is C[C@]12CC[C@@H](O)C[C@@H]1CC[C@@H]1[C@@H]2[C@@H](O)C[C@]2(C)[C@@H](C(=O)Cn3nccn3)CC[C@@H]12. The van der Waals surface area contributed by atoms with Crippen LogP contribution in [0.15, 0.2) is 12.4 Å². The summed E-state index contributed by atoms with van der Waals surface area (Å²) in [6.45, 7) is 4.89. The summed E-state index contributed by atoms with van der Waals surface area (Å²) in [5.41, 5.74) is 0.00612. The van der Waals surface area contributed by atoms with Crippen molar-refractivity contribution in [2.24, 2.45) is 40.4 Å². The van der Waals surface area contributed by atoms with E-state index in [-0.39, 0.29) is 41.3 Å². The number of rotatable bonds is 3. The lowest BCUT2D eigenvalue weighted by Gasteiger charge is -2.62. The van der Waals surface area contributed by atoms with Crippen LogP contribution < -0.4 is 0 Å². The molecular weight excluding hydrogens is 366 g/mol. The van der Waals surface area contributed by atoms with Crippen molar-refractivity contribution in [1.82, 2.24) is 15.0 Å². The zero-order chi connectivity index (χ0) is 20.4. The minimum atomic E-state index is -0.347. The molecule has 0 bridgehead atoms. The Labute approximate surface area is 173 Å². The van der Waals surface area contributed by atoms with E-state index in [1.54, 1.807) is 12.4 Å². The van der Waals surface area contributed by atoms with E-state index >= 15 is 0 Å². The molecule has 6 nitrogen and oxygen atoms in total. The van der Waals surface area contributed by atoms with E-state index in [1.165, 1.54) is 4.80 Å². The Morgan fingerprint density at radius 1 is 1.07 bits per heavy atom. The minimum absolute atomic E-state index is 0.00666. The fourth-order valence-corrected chi connectivity index (χ4v) is 8.46. The molecule has 0 aliphatic heterocycles. The van der Waals surface area contributed by atoms with Crippen molar-refractivity contribution in [2.45, 2.75) is 84.0 Å². The molecule has 0 aromatic carbocycles. The van der Waals surface area contributed by atoms with E-state index in [9.17, 15) is 15.0 Å². The second kappa shape index (κ2) is 6.88.